The molecule has 0 bridgehead atoms. The topological polar surface area (TPSA) is 77.5 Å². The maximum Gasteiger partial charge on any atom is 0.339 e. The third-order valence-electron chi connectivity index (χ3n) is 3.01. The molecule has 0 spiro atoms. The first-order valence-electron chi connectivity index (χ1n) is 7.23. The lowest BCUT2D eigenvalue weighted by Gasteiger charge is -2.11. The number of esters is 1. The summed E-state index contributed by atoms with van der Waals surface area (Å²) >= 11 is 0. The minimum absolute atomic E-state index is 0.197. The van der Waals surface area contributed by atoms with E-state index in [0.717, 1.165) is 6.42 Å². The molecular formula is C17H18N2O4. The fourth-order valence-corrected chi connectivity index (χ4v) is 1.86. The molecule has 1 aromatic heterocycles. The maximum atomic E-state index is 12.2. The van der Waals surface area contributed by atoms with Crippen molar-refractivity contribution in [3.05, 3.63) is 53.9 Å². The summed E-state index contributed by atoms with van der Waals surface area (Å²) in [5, 5.41) is 2.76. The van der Waals surface area contributed by atoms with Gasteiger partial charge in [0.15, 0.2) is 0 Å². The number of carbonyl (C=O) groups is 2. The van der Waals surface area contributed by atoms with E-state index >= 15 is 0 Å². The van der Waals surface area contributed by atoms with Gasteiger partial charge in [0.2, 0.25) is 0 Å². The first-order chi connectivity index (χ1) is 11.2. The van der Waals surface area contributed by atoms with E-state index in [0.29, 0.717) is 18.0 Å². The minimum atomic E-state index is -0.497. The quantitative estimate of drug-likeness (QED) is 0.830. The molecule has 1 heterocycles. The Kier molecular flexibility index (Phi) is 5.68. The third-order valence-corrected chi connectivity index (χ3v) is 3.01. The van der Waals surface area contributed by atoms with Crippen LogP contribution in [-0.2, 0) is 4.74 Å². The number of methoxy groups -OCH3 is 1. The Balaban J connectivity index is 2.11. The van der Waals surface area contributed by atoms with Crippen LogP contribution in [0.15, 0.2) is 42.6 Å². The van der Waals surface area contributed by atoms with E-state index in [2.05, 4.69) is 15.0 Å². The fraction of sp³-hybridized carbons (Fsp3) is 0.235. The summed E-state index contributed by atoms with van der Waals surface area (Å²) in [4.78, 5) is 27.6. The zero-order valence-corrected chi connectivity index (χ0v) is 13.0. The van der Waals surface area contributed by atoms with E-state index in [9.17, 15) is 9.59 Å². The smallest absolute Gasteiger partial charge is 0.339 e. The van der Waals surface area contributed by atoms with E-state index < -0.39 is 5.97 Å². The number of amides is 1. The van der Waals surface area contributed by atoms with Crippen LogP contribution >= 0.6 is 0 Å². The molecule has 0 aliphatic rings. The van der Waals surface area contributed by atoms with Gasteiger partial charge in [-0.15, -0.1) is 0 Å². The largest absolute Gasteiger partial charge is 0.491 e. The SMILES string of the molecule is CCCOc1ccccc1NC(=O)c1ccc(C(=O)OC)cn1. The van der Waals surface area contributed by atoms with Crippen LogP contribution in [0.4, 0.5) is 5.69 Å². The highest BCUT2D eigenvalue weighted by Crippen LogP contribution is 2.24. The zero-order chi connectivity index (χ0) is 16.7. The van der Waals surface area contributed by atoms with Crippen molar-refractivity contribution in [3.8, 4) is 5.75 Å². The molecule has 0 aliphatic carbocycles. The second kappa shape index (κ2) is 7.93. The standard InChI is InChI=1S/C17H18N2O4/c1-3-10-23-15-7-5-4-6-13(15)19-16(20)14-9-8-12(11-18-14)17(21)22-2/h4-9,11H,3,10H2,1-2H3,(H,19,20). The fourth-order valence-electron chi connectivity index (χ4n) is 1.86. The Labute approximate surface area is 134 Å². The first kappa shape index (κ1) is 16.5. The number of pyridine rings is 1. The van der Waals surface area contributed by atoms with Crippen molar-refractivity contribution in [1.82, 2.24) is 4.98 Å². The Morgan fingerprint density at radius 1 is 1.17 bits per heavy atom. The van der Waals surface area contributed by atoms with E-state index in [1.807, 2.05) is 19.1 Å². The van der Waals surface area contributed by atoms with Gasteiger partial charge in [-0.1, -0.05) is 19.1 Å². The van der Waals surface area contributed by atoms with Gasteiger partial charge in [0.25, 0.3) is 5.91 Å². The second-order valence-electron chi connectivity index (χ2n) is 4.72. The number of ether oxygens (including phenoxy) is 2. The van der Waals surface area contributed by atoms with Gasteiger partial charge < -0.3 is 14.8 Å². The number of hydrogen-bond donors (Lipinski definition) is 1. The third kappa shape index (κ3) is 4.29. The van der Waals surface area contributed by atoms with Gasteiger partial charge in [-0.05, 0) is 30.7 Å². The second-order valence-corrected chi connectivity index (χ2v) is 4.72. The van der Waals surface area contributed by atoms with Crippen LogP contribution in [0.3, 0.4) is 0 Å². The zero-order valence-electron chi connectivity index (χ0n) is 13.0. The van der Waals surface area contributed by atoms with Gasteiger partial charge in [0.05, 0.1) is 25.0 Å². The molecule has 0 fully saturated rings. The molecule has 2 rings (SSSR count). The normalized spacial score (nSPS) is 10.0. The Morgan fingerprint density at radius 3 is 2.61 bits per heavy atom. The molecule has 1 amide bonds. The summed E-state index contributed by atoms with van der Waals surface area (Å²) in [5.41, 5.74) is 1.06. The Bertz CT molecular complexity index is 683. The average Bonchev–Trinajstić information content (AvgIpc) is 2.60. The molecule has 0 atom stereocenters. The lowest BCUT2D eigenvalue weighted by Crippen LogP contribution is -2.15. The van der Waals surface area contributed by atoms with Crippen molar-refractivity contribution < 1.29 is 19.1 Å². The number of para-hydroxylation sites is 2. The van der Waals surface area contributed by atoms with Crippen molar-refractivity contribution in [1.29, 1.82) is 0 Å². The monoisotopic (exact) mass is 314 g/mol. The molecule has 1 aromatic carbocycles. The molecule has 6 heteroatoms. The van der Waals surface area contributed by atoms with Crippen LogP contribution in [0.1, 0.15) is 34.2 Å². The number of rotatable bonds is 6. The van der Waals surface area contributed by atoms with Gasteiger partial charge in [-0.25, -0.2) is 4.79 Å². The molecular weight excluding hydrogens is 296 g/mol. The van der Waals surface area contributed by atoms with Gasteiger partial charge in [-0.2, -0.15) is 0 Å². The van der Waals surface area contributed by atoms with Crippen molar-refractivity contribution in [2.75, 3.05) is 19.0 Å². The van der Waals surface area contributed by atoms with Crippen molar-refractivity contribution >= 4 is 17.6 Å². The number of nitrogens with one attached hydrogen (secondary N) is 1. The van der Waals surface area contributed by atoms with E-state index in [-0.39, 0.29) is 17.2 Å². The van der Waals surface area contributed by atoms with E-state index in [1.54, 1.807) is 12.1 Å². The van der Waals surface area contributed by atoms with Gasteiger partial charge in [0.1, 0.15) is 11.4 Å². The maximum absolute atomic E-state index is 12.2. The number of nitrogens with zero attached hydrogens (tertiary/aromatic N) is 1. The van der Waals surface area contributed by atoms with Crippen LogP contribution in [0.5, 0.6) is 5.75 Å². The predicted octanol–water partition coefficient (Wildman–Crippen LogP) is 2.91. The van der Waals surface area contributed by atoms with Gasteiger partial charge in [-0.3, -0.25) is 9.78 Å². The van der Waals surface area contributed by atoms with Crippen LogP contribution in [0.25, 0.3) is 0 Å². The van der Waals surface area contributed by atoms with Crippen molar-refractivity contribution in [2.45, 2.75) is 13.3 Å². The van der Waals surface area contributed by atoms with Crippen LogP contribution in [0.2, 0.25) is 0 Å². The first-order valence-corrected chi connectivity index (χ1v) is 7.23. The van der Waals surface area contributed by atoms with Gasteiger partial charge >= 0.3 is 5.97 Å². The number of carbonyl (C=O) groups excluding carboxylic acids is 2. The summed E-state index contributed by atoms with van der Waals surface area (Å²) in [6.07, 6.45) is 2.18. The van der Waals surface area contributed by atoms with E-state index in [1.165, 1.54) is 25.4 Å². The molecule has 0 saturated heterocycles. The lowest BCUT2D eigenvalue weighted by atomic mass is 10.2. The minimum Gasteiger partial charge on any atom is -0.491 e. The van der Waals surface area contributed by atoms with Crippen LogP contribution in [-0.4, -0.2) is 30.6 Å². The summed E-state index contributed by atoms with van der Waals surface area (Å²) in [6.45, 7) is 2.58. The molecule has 2 aromatic rings. The molecule has 120 valence electrons. The molecule has 0 saturated carbocycles. The molecule has 23 heavy (non-hydrogen) atoms. The summed E-state index contributed by atoms with van der Waals surface area (Å²) < 4.78 is 10.2. The van der Waals surface area contributed by atoms with Gasteiger partial charge in [0, 0.05) is 6.20 Å². The lowest BCUT2D eigenvalue weighted by molar-refractivity contribution is 0.0600. The summed E-state index contributed by atoms with van der Waals surface area (Å²) in [7, 11) is 1.29. The van der Waals surface area contributed by atoms with Crippen LogP contribution in [0, 0.1) is 0 Å². The van der Waals surface area contributed by atoms with Crippen LogP contribution < -0.4 is 10.1 Å². The number of aromatic nitrogens is 1. The van der Waals surface area contributed by atoms with Crippen molar-refractivity contribution in [3.63, 3.8) is 0 Å². The highest BCUT2D eigenvalue weighted by atomic mass is 16.5. The molecule has 0 radical (unpaired) electrons. The molecule has 0 aliphatic heterocycles. The molecule has 6 nitrogen and oxygen atoms in total. The molecule has 1 N–H and O–H groups in total. The average molecular weight is 314 g/mol. The molecule has 0 unspecified atom stereocenters. The summed E-state index contributed by atoms with van der Waals surface area (Å²) in [6, 6.07) is 10.2. The van der Waals surface area contributed by atoms with E-state index in [4.69, 9.17) is 4.74 Å². The Hall–Kier alpha value is -2.89. The number of anilines is 1. The number of hydrogen-bond acceptors (Lipinski definition) is 5. The predicted molar refractivity (Wildman–Crippen MR) is 85.8 cm³/mol. The Morgan fingerprint density at radius 2 is 1.96 bits per heavy atom. The number of benzene rings is 1. The highest BCUT2D eigenvalue weighted by molar-refractivity contribution is 6.04. The highest BCUT2D eigenvalue weighted by Gasteiger charge is 2.12. The summed E-state index contributed by atoms with van der Waals surface area (Å²) in [5.74, 6) is -0.273. The van der Waals surface area contributed by atoms with Crippen molar-refractivity contribution in [2.24, 2.45) is 0 Å².